The number of nitrogens with one attached hydrogen (secondary N) is 2. The molecule has 0 aliphatic carbocycles. The van der Waals surface area contributed by atoms with Crippen molar-refractivity contribution in [3.63, 3.8) is 0 Å². The molecule has 17 heavy (non-hydrogen) atoms. The number of piperidine rings is 1. The van der Waals surface area contributed by atoms with Crippen LogP contribution in [0.2, 0.25) is 0 Å². The van der Waals surface area contributed by atoms with Crippen LogP contribution in [0.15, 0.2) is 0 Å². The zero-order valence-electron chi connectivity index (χ0n) is 10.7. The number of nitrogens with zero attached hydrogens (tertiary/aromatic N) is 2. The van der Waals surface area contributed by atoms with Crippen LogP contribution in [0.5, 0.6) is 0 Å². The summed E-state index contributed by atoms with van der Waals surface area (Å²) in [6, 6.07) is 0. The summed E-state index contributed by atoms with van der Waals surface area (Å²) in [7, 11) is 0. The van der Waals surface area contributed by atoms with Crippen LogP contribution in [-0.4, -0.2) is 62.4 Å². The molecule has 0 atom stereocenters. The van der Waals surface area contributed by atoms with Crippen LogP contribution in [0.3, 0.4) is 0 Å². The maximum atomic E-state index is 3.52. The molecule has 4 heteroatoms. The standard InChI is InChI=1S/C13H24N4/c1-4-14-9-13(1)10-17(11-13)16-5-2-12(3-6-16)7-15-8-12/h14-15H,1-11H2. The zero-order chi connectivity index (χ0) is 11.3. The van der Waals surface area contributed by atoms with Gasteiger partial charge in [0.25, 0.3) is 0 Å². The predicted octanol–water partition coefficient (Wildman–Crippen LogP) is -0.118. The maximum Gasteiger partial charge on any atom is 0.0215 e. The molecule has 4 rings (SSSR count). The van der Waals surface area contributed by atoms with E-state index in [1.54, 1.807) is 0 Å². The van der Waals surface area contributed by atoms with Crippen molar-refractivity contribution in [2.75, 3.05) is 52.4 Å². The van der Waals surface area contributed by atoms with Gasteiger partial charge in [-0.15, -0.1) is 0 Å². The van der Waals surface area contributed by atoms with Crippen molar-refractivity contribution in [2.45, 2.75) is 19.3 Å². The lowest BCUT2D eigenvalue weighted by Gasteiger charge is -2.56. The predicted molar refractivity (Wildman–Crippen MR) is 67.6 cm³/mol. The molecule has 4 saturated heterocycles. The molecular formula is C13H24N4. The van der Waals surface area contributed by atoms with Crippen LogP contribution < -0.4 is 10.6 Å². The summed E-state index contributed by atoms with van der Waals surface area (Å²) in [5.41, 5.74) is 1.33. The molecule has 0 bridgehead atoms. The number of hydrogen-bond donors (Lipinski definition) is 2. The highest BCUT2D eigenvalue weighted by atomic mass is 15.7. The monoisotopic (exact) mass is 236 g/mol. The molecule has 96 valence electrons. The average Bonchev–Trinajstić information content (AvgIpc) is 2.74. The lowest BCUT2D eigenvalue weighted by atomic mass is 9.73. The van der Waals surface area contributed by atoms with E-state index in [4.69, 9.17) is 0 Å². The number of hydrazine groups is 1. The van der Waals surface area contributed by atoms with Crippen LogP contribution in [0.25, 0.3) is 0 Å². The van der Waals surface area contributed by atoms with Crippen LogP contribution in [0.1, 0.15) is 19.3 Å². The van der Waals surface area contributed by atoms with Gasteiger partial charge in [0.1, 0.15) is 0 Å². The summed E-state index contributed by atoms with van der Waals surface area (Å²) in [5.74, 6) is 0. The fourth-order valence-corrected chi connectivity index (χ4v) is 4.08. The molecule has 2 N–H and O–H groups in total. The van der Waals surface area contributed by atoms with Crippen LogP contribution in [-0.2, 0) is 0 Å². The Balaban J connectivity index is 1.30. The van der Waals surface area contributed by atoms with E-state index < -0.39 is 0 Å². The third-order valence-corrected chi connectivity index (χ3v) is 5.57. The minimum absolute atomic E-state index is 0.646. The molecule has 0 amide bonds. The van der Waals surface area contributed by atoms with Crippen molar-refractivity contribution < 1.29 is 0 Å². The van der Waals surface area contributed by atoms with E-state index in [1.807, 2.05) is 0 Å². The SMILES string of the molecule is C1CC2(CN1)CN(N1CCC3(CC1)CNC3)C2. The highest BCUT2D eigenvalue weighted by molar-refractivity contribution is 5.01. The smallest absolute Gasteiger partial charge is 0.0215 e. The maximum absolute atomic E-state index is 3.52. The Kier molecular flexibility index (Phi) is 2.32. The lowest BCUT2D eigenvalue weighted by molar-refractivity contribution is -0.166. The molecule has 2 spiro atoms. The summed E-state index contributed by atoms with van der Waals surface area (Å²) < 4.78 is 0. The second kappa shape index (κ2) is 3.67. The molecule has 0 aromatic rings. The molecule has 4 aliphatic heterocycles. The van der Waals surface area contributed by atoms with E-state index in [-0.39, 0.29) is 0 Å². The normalized spacial score (nSPS) is 36.0. The molecule has 0 aromatic heterocycles. The van der Waals surface area contributed by atoms with Gasteiger partial charge in [-0.2, -0.15) is 0 Å². The summed E-state index contributed by atoms with van der Waals surface area (Å²) >= 11 is 0. The molecule has 4 heterocycles. The molecule has 4 nitrogen and oxygen atoms in total. The van der Waals surface area contributed by atoms with Gasteiger partial charge in [0.2, 0.25) is 0 Å². The highest BCUT2D eigenvalue weighted by Crippen LogP contribution is 2.40. The van der Waals surface area contributed by atoms with Crippen molar-refractivity contribution in [1.82, 2.24) is 20.7 Å². The Labute approximate surface area is 104 Å². The Hall–Kier alpha value is -0.160. The summed E-state index contributed by atoms with van der Waals surface area (Å²) in [6.07, 6.45) is 4.20. The molecule has 0 radical (unpaired) electrons. The molecule has 0 unspecified atom stereocenters. The van der Waals surface area contributed by atoms with Gasteiger partial charge in [0, 0.05) is 51.2 Å². The van der Waals surface area contributed by atoms with Crippen molar-refractivity contribution in [3.05, 3.63) is 0 Å². The van der Waals surface area contributed by atoms with Crippen molar-refractivity contribution >= 4 is 0 Å². The van der Waals surface area contributed by atoms with Gasteiger partial charge in [0.15, 0.2) is 0 Å². The van der Waals surface area contributed by atoms with Crippen molar-refractivity contribution in [3.8, 4) is 0 Å². The molecule has 0 aromatic carbocycles. The van der Waals surface area contributed by atoms with Crippen molar-refractivity contribution in [2.24, 2.45) is 10.8 Å². The summed E-state index contributed by atoms with van der Waals surface area (Å²) in [5, 5.41) is 12.2. The first-order valence-corrected chi connectivity index (χ1v) is 7.21. The van der Waals surface area contributed by atoms with Crippen LogP contribution in [0, 0.1) is 10.8 Å². The van der Waals surface area contributed by atoms with Gasteiger partial charge in [-0.3, -0.25) is 0 Å². The Morgan fingerprint density at radius 1 is 0.706 bits per heavy atom. The van der Waals surface area contributed by atoms with Crippen LogP contribution >= 0.6 is 0 Å². The van der Waals surface area contributed by atoms with E-state index in [1.165, 1.54) is 71.6 Å². The Bertz CT molecular complexity index is 289. The van der Waals surface area contributed by atoms with Gasteiger partial charge >= 0.3 is 0 Å². The molecule has 0 saturated carbocycles. The first-order valence-electron chi connectivity index (χ1n) is 7.21. The molecule has 4 fully saturated rings. The van der Waals surface area contributed by atoms with E-state index >= 15 is 0 Å². The minimum atomic E-state index is 0.646. The summed E-state index contributed by atoms with van der Waals surface area (Å²) in [4.78, 5) is 0. The minimum Gasteiger partial charge on any atom is -0.316 e. The van der Waals surface area contributed by atoms with Gasteiger partial charge in [-0.1, -0.05) is 0 Å². The largest absolute Gasteiger partial charge is 0.316 e. The third-order valence-electron chi connectivity index (χ3n) is 5.57. The van der Waals surface area contributed by atoms with Gasteiger partial charge < -0.3 is 10.6 Å². The molecular weight excluding hydrogens is 212 g/mol. The van der Waals surface area contributed by atoms with Gasteiger partial charge in [-0.05, 0) is 31.2 Å². The number of rotatable bonds is 1. The second-order valence-electron chi connectivity index (χ2n) is 6.81. The van der Waals surface area contributed by atoms with E-state index in [9.17, 15) is 0 Å². The topological polar surface area (TPSA) is 30.5 Å². The summed E-state index contributed by atoms with van der Waals surface area (Å²) in [6.45, 7) is 10.3. The highest BCUT2D eigenvalue weighted by Gasteiger charge is 2.48. The van der Waals surface area contributed by atoms with E-state index in [0.717, 1.165) is 0 Å². The second-order valence-corrected chi connectivity index (χ2v) is 6.81. The fraction of sp³-hybridized carbons (Fsp3) is 1.00. The lowest BCUT2D eigenvalue weighted by Crippen LogP contribution is -2.67. The quantitative estimate of drug-likeness (QED) is 0.665. The fourth-order valence-electron chi connectivity index (χ4n) is 4.08. The van der Waals surface area contributed by atoms with E-state index in [2.05, 4.69) is 20.7 Å². The molecule has 4 aliphatic rings. The van der Waals surface area contributed by atoms with Gasteiger partial charge in [-0.25, -0.2) is 10.0 Å². The average molecular weight is 236 g/mol. The Morgan fingerprint density at radius 3 is 1.94 bits per heavy atom. The number of hydrogen-bond acceptors (Lipinski definition) is 4. The first-order chi connectivity index (χ1) is 8.29. The third kappa shape index (κ3) is 1.65. The van der Waals surface area contributed by atoms with Crippen molar-refractivity contribution in [1.29, 1.82) is 0 Å². The Morgan fingerprint density at radius 2 is 1.41 bits per heavy atom. The van der Waals surface area contributed by atoms with E-state index in [0.29, 0.717) is 10.8 Å². The van der Waals surface area contributed by atoms with Gasteiger partial charge in [0.05, 0.1) is 0 Å². The first kappa shape index (κ1) is 10.7. The van der Waals surface area contributed by atoms with Crippen LogP contribution in [0.4, 0.5) is 0 Å². The zero-order valence-corrected chi connectivity index (χ0v) is 10.7.